The third-order valence-corrected chi connectivity index (χ3v) is 6.45. The minimum absolute atomic E-state index is 0.263. The number of fused-ring (bicyclic) bond motifs is 1. The minimum atomic E-state index is -0.592. The lowest BCUT2D eigenvalue weighted by Crippen LogP contribution is -2.52. The number of Topliss-reactive ketones (excluding diaryl/α,β-unsaturated/α-hetero) is 1. The number of nitrogens with one attached hydrogen (secondary N) is 2. The van der Waals surface area contributed by atoms with Gasteiger partial charge in [-0.05, 0) is 12.1 Å². The van der Waals surface area contributed by atoms with Crippen molar-refractivity contribution >= 4 is 28.4 Å². The molecule has 1 amide bonds. The molecule has 0 atom stereocenters. The molecule has 4 aromatic rings. The second-order valence-corrected chi connectivity index (χ2v) is 8.45. The highest BCUT2D eigenvalue weighted by atomic mass is 16.5. The number of carbonyl (C=O) groups excluding carboxylic acids is 2. The molecule has 1 fully saturated rings. The van der Waals surface area contributed by atoms with Crippen LogP contribution < -0.4 is 4.74 Å². The van der Waals surface area contributed by atoms with Crippen LogP contribution in [0.3, 0.4) is 0 Å². The number of benzene rings is 1. The van der Waals surface area contributed by atoms with Gasteiger partial charge in [0.25, 0.3) is 11.7 Å². The van der Waals surface area contributed by atoms with Gasteiger partial charge in [-0.3, -0.25) is 15.0 Å². The predicted molar refractivity (Wildman–Crippen MR) is 133 cm³/mol. The van der Waals surface area contributed by atoms with E-state index in [-0.39, 0.29) is 5.56 Å². The number of amides is 1. The maximum Gasteiger partial charge on any atom is 0.295 e. The van der Waals surface area contributed by atoms with E-state index in [4.69, 9.17) is 10.1 Å². The van der Waals surface area contributed by atoms with Gasteiger partial charge in [0.2, 0.25) is 0 Å². The molecule has 4 heterocycles. The molecule has 3 aromatic heterocycles. The van der Waals surface area contributed by atoms with Crippen molar-refractivity contribution < 1.29 is 14.3 Å². The number of methoxy groups -OCH3 is 1. The van der Waals surface area contributed by atoms with Gasteiger partial charge >= 0.3 is 0 Å². The Bertz CT molecular complexity index is 1410. The van der Waals surface area contributed by atoms with Crippen LogP contribution in [0.5, 0.6) is 5.75 Å². The largest absolute Gasteiger partial charge is 0.494 e. The Morgan fingerprint density at radius 3 is 2.40 bits per heavy atom. The van der Waals surface area contributed by atoms with E-state index < -0.39 is 11.7 Å². The number of H-pyrrole nitrogens is 1. The van der Waals surface area contributed by atoms with E-state index in [1.54, 1.807) is 17.3 Å². The van der Waals surface area contributed by atoms with Crippen molar-refractivity contribution in [3.63, 3.8) is 0 Å². The number of amidine groups is 1. The van der Waals surface area contributed by atoms with Crippen LogP contribution in [0.4, 0.5) is 0 Å². The smallest absolute Gasteiger partial charge is 0.295 e. The SMILES string of the molecule is COc1cnc(-c2cccn2C)c2[nH]cc(C(=O)C(=O)N3CCN(C(=N)c4ccccc4)CC3)c12. The van der Waals surface area contributed by atoms with E-state index in [0.717, 1.165) is 11.3 Å². The Morgan fingerprint density at radius 2 is 1.74 bits per heavy atom. The number of pyridine rings is 1. The molecule has 9 nitrogen and oxygen atoms in total. The number of rotatable bonds is 5. The zero-order valence-corrected chi connectivity index (χ0v) is 19.6. The Kier molecular flexibility index (Phi) is 5.82. The van der Waals surface area contributed by atoms with Crippen molar-refractivity contribution in [2.75, 3.05) is 33.3 Å². The average Bonchev–Trinajstić information content (AvgIpc) is 3.54. The van der Waals surface area contributed by atoms with E-state index in [2.05, 4.69) is 9.97 Å². The fourth-order valence-electron chi connectivity index (χ4n) is 4.52. The van der Waals surface area contributed by atoms with E-state index >= 15 is 0 Å². The van der Waals surface area contributed by atoms with Crippen LogP contribution in [-0.4, -0.2) is 75.1 Å². The first-order chi connectivity index (χ1) is 17.0. The van der Waals surface area contributed by atoms with Gasteiger partial charge in [-0.1, -0.05) is 30.3 Å². The number of hydrogen-bond acceptors (Lipinski definition) is 5. The number of piperazine rings is 1. The molecular formula is C26H26N6O3. The molecule has 178 valence electrons. The zero-order valence-electron chi connectivity index (χ0n) is 19.6. The lowest BCUT2D eigenvalue weighted by Gasteiger charge is -2.35. The zero-order chi connectivity index (χ0) is 24.5. The third-order valence-electron chi connectivity index (χ3n) is 6.45. The molecule has 0 radical (unpaired) electrons. The molecule has 1 aliphatic heterocycles. The molecule has 0 bridgehead atoms. The molecule has 1 saturated heterocycles. The Labute approximate surface area is 202 Å². The summed E-state index contributed by atoms with van der Waals surface area (Å²) >= 11 is 0. The molecule has 35 heavy (non-hydrogen) atoms. The maximum absolute atomic E-state index is 13.3. The number of aryl methyl sites for hydroxylation is 1. The molecular weight excluding hydrogens is 444 g/mol. The predicted octanol–water partition coefficient (Wildman–Crippen LogP) is 2.93. The summed E-state index contributed by atoms with van der Waals surface area (Å²) in [6.45, 7) is 1.72. The summed E-state index contributed by atoms with van der Waals surface area (Å²) in [5, 5.41) is 9.00. The first kappa shape index (κ1) is 22.4. The minimum Gasteiger partial charge on any atom is -0.494 e. The Morgan fingerprint density at radius 1 is 1.03 bits per heavy atom. The fraction of sp³-hybridized carbons (Fsp3) is 0.231. The number of aromatic nitrogens is 3. The number of ketones is 1. The molecule has 0 aliphatic carbocycles. The van der Waals surface area contributed by atoms with Gasteiger partial charge in [-0.25, -0.2) is 4.98 Å². The van der Waals surface area contributed by atoms with Crippen LogP contribution in [0.25, 0.3) is 22.3 Å². The second-order valence-electron chi connectivity index (χ2n) is 8.45. The van der Waals surface area contributed by atoms with Crippen molar-refractivity contribution in [1.82, 2.24) is 24.3 Å². The number of ether oxygens (including phenoxy) is 1. The Hall–Kier alpha value is -4.40. The van der Waals surface area contributed by atoms with Gasteiger partial charge in [0, 0.05) is 51.2 Å². The lowest BCUT2D eigenvalue weighted by atomic mass is 10.1. The van der Waals surface area contributed by atoms with E-state index in [9.17, 15) is 9.59 Å². The molecule has 9 heteroatoms. The quantitative estimate of drug-likeness (QED) is 0.202. The van der Waals surface area contributed by atoms with Crippen LogP contribution in [-0.2, 0) is 11.8 Å². The van der Waals surface area contributed by atoms with Crippen LogP contribution in [0.15, 0.2) is 61.1 Å². The highest BCUT2D eigenvalue weighted by molar-refractivity contribution is 6.45. The maximum atomic E-state index is 13.3. The van der Waals surface area contributed by atoms with Gasteiger partial charge < -0.3 is 24.1 Å². The topological polar surface area (TPSA) is 107 Å². The average molecular weight is 471 g/mol. The first-order valence-corrected chi connectivity index (χ1v) is 11.4. The molecule has 1 aromatic carbocycles. The number of nitrogens with zero attached hydrogens (tertiary/aromatic N) is 4. The van der Waals surface area contributed by atoms with Gasteiger partial charge in [0.1, 0.15) is 17.3 Å². The first-order valence-electron chi connectivity index (χ1n) is 11.4. The summed E-state index contributed by atoms with van der Waals surface area (Å²) in [6, 6.07) is 13.4. The number of aromatic amines is 1. The van der Waals surface area contributed by atoms with Gasteiger partial charge in [0.05, 0.1) is 35.5 Å². The molecule has 0 saturated carbocycles. The summed E-state index contributed by atoms with van der Waals surface area (Å²) < 4.78 is 7.43. The van der Waals surface area contributed by atoms with Crippen LogP contribution in [0, 0.1) is 5.41 Å². The molecule has 0 spiro atoms. The molecule has 0 unspecified atom stereocenters. The summed E-state index contributed by atoms with van der Waals surface area (Å²) in [5.41, 5.74) is 3.29. The van der Waals surface area contributed by atoms with Crippen molar-refractivity contribution in [3.8, 4) is 17.1 Å². The summed E-state index contributed by atoms with van der Waals surface area (Å²) in [7, 11) is 3.44. The lowest BCUT2D eigenvalue weighted by molar-refractivity contribution is -0.127. The van der Waals surface area contributed by atoms with Gasteiger partial charge in [-0.15, -0.1) is 0 Å². The van der Waals surface area contributed by atoms with E-state index in [1.807, 2.05) is 65.2 Å². The fourth-order valence-corrected chi connectivity index (χ4v) is 4.52. The van der Waals surface area contributed by atoms with Crippen LogP contribution in [0.2, 0.25) is 0 Å². The monoisotopic (exact) mass is 470 g/mol. The third kappa shape index (κ3) is 3.95. The van der Waals surface area contributed by atoms with Gasteiger partial charge in [-0.2, -0.15) is 0 Å². The van der Waals surface area contributed by atoms with E-state index in [1.165, 1.54) is 7.11 Å². The van der Waals surface area contributed by atoms with Crippen molar-refractivity contribution in [2.45, 2.75) is 0 Å². The molecule has 5 rings (SSSR count). The van der Waals surface area contributed by atoms with Crippen LogP contribution >= 0.6 is 0 Å². The highest BCUT2D eigenvalue weighted by Crippen LogP contribution is 2.34. The molecule has 2 N–H and O–H groups in total. The number of carbonyl (C=O) groups is 2. The standard InChI is InChI=1S/C26H26N6O3/c1-30-10-6-9-19(30)22-23-21(20(35-2)16-29-22)18(15-28-23)24(33)26(34)32-13-11-31(12-14-32)25(27)17-7-4-3-5-8-17/h3-10,15-16,27-28H,11-14H2,1-2H3. The van der Waals surface area contributed by atoms with Crippen molar-refractivity contribution in [2.24, 2.45) is 7.05 Å². The van der Waals surface area contributed by atoms with E-state index in [0.29, 0.717) is 54.4 Å². The van der Waals surface area contributed by atoms with Crippen molar-refractivity contribution in [1.29, 1.82) is 5.41 Å². The Balaban J connectivity index is 1.37. The summed E-state index contributed by atoms with van der Waals surface area (Å²) in [6.07, 6.45) is 5.05. The number of hydrogen-bond donors (Lipinski definition) is 2. The summed E-state index contributed by atoms with van der Waals surface area (Å²) in [4.78, 5) is 37.7. The second kappa shape index (κ2) is 9.09. The van der Waals surface area contributed by atoms with Gasteiger partial charge in [0.15, 0.2) is 0 Å². The van der Waals surface area contributed by atoms with Crippen LogP contribution in [0.1, 0.15) is 15.9 Å². The highest BCUT2D eigenvalue weighted by Gasteiger charge is 2.31. The normalized spacial score (nSPS) is 13.8. The molecule has 1 aliphatic rings. The summed E-state index contributed by atoms with van der Waals surface area (Å²) in [5.74, 6) is -0.302. The van der Waals surface area contributed by atoms with Crippen molar-refractivity contribution in [3.05, 3.63) is 72.2 Å².